The largest absolute Gasteiger partial charge is 0.479 e. The summed E-state index contributed by atoms with van der Waals surface area (Å²) in [6.45, 7) is 8.13. The zero-order chi connectivity index (χ0) is 21.2. The molecule has 5 heteroatoms. The molecule has 1 atom stereocenters. The summed E-state index contributed by atoms with van der Waals surface area (Å²) in [6, 6.07) is 14.6. The summed E-state index contributed by atoms with van der Waals surface area (Å²) >= 11 is 0. The number of aryl methyl sites for hydroxylation is 1. The van der Waals surface area contributed by atoms with Gasteiger partial charge in [0.25, 0.3) is 5.91 Å². The highest BCUT2D eigenvalue weighted by Gasteiger charge is 2.17. The van der Waals surface area contributed by atoms with E-state index in [1.54, 1.807) is 31.2 Å². The maximum absolute atomic E-state index is 12.4. The molecule has 5 nitrogen and oxygen atoms in total. The molecule has 1 amide bonds. The highest BCUT2D eigenvalue weighted by Crippen LogP contribution is 2.17. The molecular weight excluding hydrogens is 366 g/mol. The van der Waals surface area contributed by atoms with Gasteiger partial charge in [-0.25, -0.2) is 4.79 Å². The number of nitrogens with one attached hydrogen (secondary N) is 1. The van der Waals surface area contributed by atoms with E-state index in [0.717, 1.165) is 24.9 Å². The van der Waals surface area contributed by atoms with Gasteiger partial charge in [-0.15, -0.1) is 0 Å². The van der Waals surface area contributed by atoms with Crippen molar-refractivity contribution in [1.82, 2.24) is 0 Å². The molecule has 0 aliphatic rings. The van der Waals surface area contributed by atoms with Gasteiger partial charge in [-0.3, -0.25) is 4.79 Å². The van der Waals surface area contributed by atoms with Gasteiger partial charge in [-0.1, -0.05) is 39.3 Å². The van der Waals surface area contributed by atoms with Gasteiger partial charge in [-0.05, 0) is 67.6 Å². The number of anilines is 1. The van der Waals surface area contributed by atoms with Crippen molar-refractivity contribution in [2.45, 2.75) is 53.1 Å². The van der Waals surface area contributed by atoms with Crippen LogP contribution in [0.1, 0.15) is 56.5 Å². The molecule has 2 aromatic rings. The van der Waals surface area contributed by atoms with E-state index < -0.39 is 12.1 Å². The van der Waals surface area contributed by atoms with Crippen LogP contribution >= 0.6 is 0 Å². The maximum Gasteiger partial charge on any atom is 0.347 e. The fourth-order valence-corrected chi connectivity index (χ4v) is 2.64. The molecule has 1 N–H and O–H groups in total. The molecule has 0 unspecified atom stereocenters. The van der Waals surface area contributed by atoms with E-state index in [4.69, 9.17) is 9.47 Å². The van der Waals surface area contributed by atoms with Gasteiger partial charge in [0.1, 0.15) is 5.75 Å². The maximum atomic E-state index is 12.4. The van der Waals surface area contributed by atoms with Crippen molar-refractivity contribution in [1.29, 1.82) is 0 Å². The summed E-state index contributed by atoms with van der Waals surface area (Å²) in [4.78, 5) is 24.3. The van der Waals surface area contributed by atoms with Crippen LogP contribution in [-0.2, 0) is 16.0 Å². The molecule has 0 radical (unpaired) electrons. The quantitative estimate of drug-likeness (QED) is 0.556. The van der Waals surface area contributed by atoms with Crippen LogP contribution in [0.25, 0.3) is 0 Å². The number of carbonyl (C=O) groups is 2. The molecule has 0 spiro atoms. The van der Waals surface area contributed by atoms with Crippen molar-refractivity contribution in [3.05, 3.63) is 59.7 Å². The molecule has 156 valence electrons. The highest BCUT2D eigenvalue weighted by molar-refractivity contribution is 6.04. The lowest BCUT2D eigenvalue weighted by Crippen LogP contribution is -2.27. The van der Waals surface area contributed by atoms with Crippen molar-refractivity contribution < 1.29 is 19.1 Å². The first kappa shape index (κ1) is 22.5. The van der Waals surface area contributed by atoms with E-state index in [2.05, 4.69) is 12.2 Å². The fraction of sp³-hybridized carbons (Fsp3) is 0.417. The molecule has 0 saturated carbocycles. The number of amides is 1. The third-order valence-electron chi connectivity index (χ3n) is 4.35. The van der Waals surface area contributed by atoms with E-state index in [1.807, 2.05) is 38.1 Å². The SMILES string of the molecule is CCCCc1ccc(NC(=O)c2ccc(O[C@H](C)C(=O)OCC(C)C)cc2)cc1. The third kappa shape index (κ3) is 7.60. The lowest BCUT2D eigenvalue weighted by atomic mass is 10.1. The van der Waals surface area contributed by atoms with Gasteiger partial charge in [0.05, 0.1) is 6.61 Å². The van der Waals surface area contributed by atoms with Crippen molar-refractivity contribution in [3.8, 4) is 5.75 Å². The minimum Gasteiger partial charge on any atom is -0.479 e. The van der Waals surface area contributed by atoms with Crippen LogP contribution in [0.3, 0.4) is 0 Å². The molecule has 0 fully saturated rings. The smallest absolute Gasteiger partial charge is 0.347 e. The molecule has 0 aliphatic heterocycles. The Morgan fingerprint density at radius 3 is 2.21 bits per heavy atom. The van der Waals surface area contributed by atoms with Gasteiger partial charge in [0.2, 0.25) is 0 Å². The standard InChI is InChI=1S/C24H31NO4/c1-5-6-7-19-8-12-21(13-9-19)25-23(26)20-10-14-22(15-11-20)29-18(4)24(27)28-16-17(2)3/h8-15,17-18H,5-7,16H2,1-4H3,(H,25,26)/t18-/m1/s1. The Hall–Kier alpha value is -2.82. The van der Waals surface area contributed by atoms with Crippen molar-refractivity contribution in [3.63, 3.8) is 0 Å². The van der Waals surface area contributed by atoms with E-state index >= 15 is 0 Å². The molecular formula is C24H31NO4. The summed E-state index contributed by atoms with van der Waals surface area (Å²) in [7, 11) is 0. The highest BCUT2D eigenvalue weighted by atomic mass is 16.6. The van der Waals surface area contributed by atoms with E-state index in [9.17, 15) is 9.59 Å². The van der Waals surface area contributed by atoms with E-state index in [-0.39, 0.29) is 11.8 Å². The van der Waals surface area contributed by atoms with Crippen LogP contribution in [0.4, 0.5) is 5.69 Å². The van der Waals surface area contributed by atoms with Gasteiger partial charge < -0.3 is 14.8 Å². The molecule has 29 heavy (non-hydrogen) atoms. The second kappa shape index (κ2) is 11.2. The van der Waals surface area contributed by atoms with Gasteiger partial charge in [-0.2, -0.15) is 0 Å². The Bertz CT molecular complexity index is 782. The molecule has 0 bridgehead atoms. The first-order chi connectivity index (χ1) is 13.9. The average Bonchev–Trinajstić information content (AvgIpc) is 2.71. The number of esters is 1. The third-order valence-corrected chi connectivity index (χ3v) is 4.35. The Morgan fingerprint density at radius 2 is 1.62 bits per heavy atom. The Kier molecular flexibility index (Phi) is 8.71. The average molecular weight is 398 g/mol. The Morgan fingerprint density at radius 1 is 0.966 bits per heavy atom. The molecule has 0 aliphatic carbocycles. The van der Waals surface area contributed by atoms with Crippen LogP contribution in [0.15, 0.2) is 48.5 Å². The van der Waals surface area contributed by atoms with Crippen molar-refractivity contribution >= 4 is 17.6 Å². The summed E-state index contributed by atoms with van der Waals surface area (Å²) in [5.41, 5.74) is 2.55. The predicted octanol–water partition coefficient (Wildman–Crippen LogP) is 5.25. The normalized spacial score (nSPS) is 11.8. The van der Waals surface area contributed by atoms with Crippen LogP contribution in [0, 0.1) is 5.92 Å². The zero-order valence-corrected chi connectivity index (χ0v) is 17.7. The van der Waals surface area contributed by atoms with Crippen molar-refractivity contribution in [2.75, 3.05) is 11.9 Å². The first-order valence-corrected chi connectivity index (χ1v) is 10.2. The number of carbonyl (C=O) groups excluding carboxylic acids is 2. The summed E-state index contributed by atoms with van der Waals surface area (Å²) in [5, 5.41) is 2.89. The monoisotopic (exact) mass is 397 g/mol. The van der Waals surface area contributed by atoms with Gasteiger partial charge in [0, 0.05) is 11.3 Å². The number of rotatable bonds is 10. The van der Waals surface area contributed by atoms with Crippen LogP contribution in [0.5, 0.6) is 5.75 Å². The minimum absolute atomic E-state index is 0.192. The second-order valence-corrected chi connectivity index (χ2v) is 7.56. The topological polar surface area (TPSA) is 64.6 Å². The van der Waals surface area contributed by atoms with E-state index in [0.29, 0.717) is 17.9 Å². The Labute approximate surface area is 173 Å². The fourth-order valence-electron chi connectivity index (χ4n) is 2.64. The number of unbranched alkanes of at least 4 members (excludes halogenated alkanes) is 1. The molecule has 0 saturated heterocycles. The first-order valence-electron chi connectivity index (χ1n) is 10.2. The second-order valence-electron chi connectivity index (χ2n) is 7.56. The molecule has 2 aromatic carbocycles. The van der Waals surface area contributed by atoms with Crippen molar-refractivity contribution in [2.24, 2.45) is 5.92 Å². The van der Waals surface area contributed by atoms with Crippen LogP contribution in [0.2, 0.25) is 0 Å². The van der Waals surface area contributed by atoms with E-state index in [1.165, 1.54) is 5.56 Å². The molecule has 2 rings (SSSR count). The van der Waals surface area contributed by atoms with Crippen LogP contribution < -0.4 is 10.1 Å². The summed E-state index contributed by atoms with van der Waals surface area (Å²) in [5.74, 6) is 0.192. The molecule has 0 aromatic heterocycles. The summed E-state index contributed by atoms with van der Waals surface area (Å²) < 4.78 is 10.8. The number of hydrogen-bond donors (Lipinski definition) is 1. The Balaban J connectivity index is 1.88. The zero-order valence-electron chi connectivity index (χ0n) is 17.7. The van der Waals surface area contributed by atoms with Crippen LogP contribution in [-0.4, -0.2) is 24.6 Å². The minimum atomic E-state index is -0.709. The lowest BCUT2D eigenvalue weighted by molar-refractivity contribution is -0.152. The molecule has 0 heterocycles. The summed E-state index contributed by atoms with van der Waals surface area (Å²) in [6.07, 6.45) is 2.67. The van der Waals surface area contributed by atoms with Gasteiger partial charge in [0.15, 0.2) is 6.10 Å². The lowest BCUT2D eigenvalue weighted by Gasteiger charge is -2.15. The number of benzene rings is 2. The van der Waals surface area contributed by atoms with Gasteiger partial charge >= 0.3 is 5.97 Å². The predicted molar refractivity (Wildman–Crippen MR) is 115 cm³/mol. The number of ether oxygens (including phenoxy) is 2. The number of hydrogen-bond acceptors (Lipinski definition) is 4.